The van der Waals surface area contributed by atoms with E-state index in [4.69, 9.17) is 0 Å². The molecular weight excluding hydrogens is 213 g/mol. The van der Waals surface area contributed by atoms with Crippen LogP contribution in [0.3, 0.4) is 0 Å². The SMILES string of the molecule is Fc1cccc(C2=NC3C=NN=C3S2)c1. The highest BCUT2D eigenvalue weighted by atomic mass is 32.2. The third-order valence-corrected chi connectivity index (χ3v) is 3.21. The molecule has 0 saturated heterocycles. The maximum absolute atomic E-state index is 13.0. The summed E-state index contributed by atoms with van der Waals surface area (Å²) in [6, 6.07) is 6.37. The molecule has 0 spiro atoms. The fourth-order valence-corrected chi connectivity index (χ4v) is 2.38. The van der Waals surface area contributed by atoms with Crippen molar-refractivity contribution in [3.63, 3.8) is 0 Å². The lowest BCUT2D eigenvalue weighted by molar-refractivity contribution is 0.627. The molecule has 1 atom stereocenters. The molecule has 0 aliphatic carbocycles. The summed E-state index contributed by atoms with van der Waals surface area (Å²) in [7, 11) is 0. The van der Waals surface area contributed by atoms with Crippen LogP contribution in [0, 0.1) is 5.82 Å². The Labute approximate surface area is 89.8 Å². The molecule has 5 heteroatoms. The molecule has 1 aromatic carbocycles. The van der Waals surface area contributed by atoms with Crippen LogP contribution in [0.25, 0.3) is 0 Å². The van der Waals surface area contributed by atoms with Gasteiger partial charge in [0, 0.05) is 5.56 Å². The van der Waals surface area contributed by atoms with E-state index in [-0.39, 0.29) is 11.9 Å². The number of rotatable bonds is 1. The number of nitrogens with zero attached hydrogens (tertiary/aromatic N) is 3. The molecule has 15 heavy (non-hydrogen) atoms. The van der Waals surface area contributed by atoms with E-state index in [1.807, 2.05) is 6.07 Å². The second kappa shape index (κ2) is 3.27. The highest BCUT2D eigenvalue weighted by Crippen LogP contribution is 2.28. The number of fused-ring (bicyclic) bond motifs is 1. The molecule has 1 unspecified atom stereocenters. The Balaban J connectivity index is 1.97. The van der Waals surface area contributed by atoms with Gasteiger partial charge in [-0.2, -0.15) is 5.10 Å². The lowest BCUT2D eigenvalue weighted by Crippen LogP contribution is -2.06. The lowest BCUT2D eigenvalue weighted by Gasteiger charge is -1.98. The van der Waals surface area contributed by atoms with Crippen molar-refractivity contribution in [3.05, 3.63) is 35.6 Å². The second-order valence-corrected chi connectivity index (χ2v) is 4.20. The minimum Gasteiger partial charge on any atom is -0.261 e. The number of aliphatic imine (C=N–C) groups is 1. The molecule has 2 aliphatic rings. The fourth-order valence-electron chi connectivity index (χ4n) is 1.45. The molecule has 3 nitrogen and oxygen atoms in total. The second-order valence-electron chi connectivity index (χ2n) is 3.19. The minimum absolute atomic E-state index is 0.0479. The molecule has 0 fully saturated rings. The third kappa shape index (κ3) is 1.48. The van der Waals surface area contributed by atoms with Crippen molar-refractivity contribution in [3.8, 4) is 0 Å². The van der Waals surface area contributed by atoms with E-state index in [9.17, 15) is 4.39 Å². The van der Waals surface area contributed by atoms with Gasteiger partial charge in [-0.05, 0) is 23.9 Å². The van der Waals surface area contributed by atoms with E-state index < -0.39 is 0 Å². The van der Waals surface area contributed by atoms with Crippen molar-refractivity contribution in [1.82, 2.24) is 0 Å². The molecule has 0 bridgehead atoms. The number of halogens is 1. The molecule has 1 aromatic rings. The van der Waals surface area contributed by atoms with Crippen molar-refractivity contribution in [2.24, 2.45) is 15.2 Å². The van der Waals surface area contributed by atoms with Gasteiger partial charge in [0.2, 0.25) is 0 Å². The average Bonchev–Trinajstić information content (AvgIpc) is 2.76. The van der Waals surface area contributed by atoms with Crippen LogP contribution >= 0.6 is 11.8 Å². The third-order valence-electron chi connectivity index (χ3n) is 2.15. The van der Waals surface area contributed by atoms with Crippen molar-refractivity contribution < 1.29 is 4.39 Å². The zero-order chi connectivity index (χ0) is 10.3. The molecule has 0 radical (unpaired) electrons. The van der Waals surface area contributed by atoms with Gasteiger partial charge in [0.1, 0.15) is 21.9 Å². The van der Waals surface area contributed by atoms with Gasteiger partial charge in [0.15, 0.2) is 0 Å². The van der Waals surface area contributed by atoms with Gasteiger partial charge in [0.25, 0.3) is 0 Å². The molecule has 2 heterocycles. The quantitative estimate of drug-likeness (QED) is 0.712. The summed E-state index contributed by atoms with van der Waals surface area (Å²) in [5.41, 5.74) is 0.797. The average molecular weight is 219 g/mol. The summed E-state index contributed by atoms with van der Waals surface area (Å²) >= 11 is 1.45. The Morgan fingerprint density at radius 3 is 3.07 bits per heavy atom. The maximum Gasteiger partial charge on any atom is 0.138 e. The Kier molecular flexibility index (Phi) is 1.92. The van der Waals surface area contributed by atoms with Crippen LogP contribution in [-0.4, -0.2) is 22.3 Å². The van der Waals surface area contributed by atoms with Gasteiger partial charge >= 0.3 is 0 Å². The van der Waals surface area contributed by atoms with Crippen molar-refractivity contribution in [2.75, 3.05) is 0 Å². The first-order valence-electron chi connectivity index (χ1n) is 4.45. The number of thioether (sulfide) groups is 1. The van der Waals surface area contributed by atoms with E-state index in [0.717, 1.165) is 15.7 Å². The molecule has 0 saturated carbocycles. The standard InChI is InChI=1S/C10H6FN3S/c11-7-3-1-2-6(4-7)9-13-8-5-12-14-10(8)15-9/h1-5,8H. The van der Waals surface area contributed by atoms with Gasteiger partial charge in [-0.15, -0.1) is 5.10 Å². The molecule has 2 aliphatic heterocycles. The monoisotopic (exact) mass is 219 g/mol. The highest BCUT2D eigenvalue weighted by molar-refractivity contribution is 8.27. The van der Waals surface area contributed by atoms with Gasteiger partial charge in [-0.25, -0.2) is 4.39 Å². The van der Waals surface area contributed by atoms with Crippen LogP contribution in [0.5, 0.6) is 0 Å². The van der Waals surface area contributed by atoms with Gasteiger partial charge < -0.3 is 0 Å². The minimum atomic E-state index is -0.247. The smallest absolute Gasteiger partial charge is 0.138 e. The summed E-state index contributed by atoms with van der Waals surface area (Å²) in [6.07, 6.45) is 1.69. The first-order chi connectivity index (χ1) is 7.33. The van der Waals surface area contributed by atoms with Crippen LogP contribution in [0.15, 0.2) is 39.5 Å². The van der Waals surface area contributed by atoms with Crippen molar-refractivity contribution in [2.45, 2.75) is 6.04 Å². The fraction of sp³-hybridized carbons (Fsp3) is 0.100. The molecule has 0 N–H and O–H groups in total. The largest absolute Gasteiger partial charge is 0.261 e. The molecular formula is C10H6FN3S. The zero-order valence-corrected chi connectivity index (χ0v) is 8.41. The van der Waals surface area contributed by atoms with E-state index in [1.165, 1.54) is 23.9 Å². The van der Waals surface area contributed by atoms with E-state index in [2.05, 4.69) is 15.2 Å². The van der Waals surface area contributed by atoms with E-state index in [1.54, 1.807) is 12.3 Å². The Morgan fingerprint density at radius 2 is 2.27 bits per heavy atom. The molecule has 0 aromatic heterocycles. The summed E-state index contributed by atoms with van der Waals surface area (Å²) < 4.78 is 13.0. The number of hydrogen-bond acceptors (Lipinski definition) is 4. The van der Waals surface area contributed by atoms with Gasteiger partial charge in [-0.1, -0.05) is 12.1 Å². The van der Waals surface area contributed by atoms with Crippen LogP contribution in [0.4, 0.5) is 4.39 Å². The van der Waals surface area contributed by atoms with Crippen LogP contribution in [0.2, 0.25) is 0 Å². The maximum atomic E-state index is 13.0. The Hall–Kier alpha value is -1.49. The van der Waals surface area contributed by atoms with E-state index >= 15 is 0 Å². The van der Waals surface area contributed by atoms with E-state index in [0.29, 0.717) is 0 Å². The first kappa shape index (κ1) is 8.79. The van der Waals surface area contributed by atoms with Gasteiger partial charge in [-0.3, -0.25) is 4.99 Å². The summed E-state index contributed by atoms with van der Waals surface area (Å²) in [5, 5.41) is 9.39. The summed E-state index contributed by atoms with van der Waals surface area (Å²) in [5.74, 6) is -0.247. The molecule has 0 amide bonds. The summed E-state index contributed by atoms with van der Waals surface area (Å²) in [6.45, 7) is 0. The van der Waals surface area contributed by atoms with Crippen molar-refractivity contribution >= 4 is 28.1 Å². The Bertz CT molecular complexity index is 507. The van der Waals surface area contributed by atoms with Crippen LogP contribution in [0.1, 0.15) is 5.56 Å². The topological polar surface area (TPSA) is 37.1 Å². The predicted octanol–water partition coefficient (Wildman–Crippen LogP) is 2.09. The first-order valence-corrected chi connectivity index (χ1v) is 5.27. The molecule has 3 rings (SSSR count). The Morgan fingerprint density at radius 1 is 1.33 bits per heavy atom. The highest BCUT2D eigenvalue weighted by Gasteiger charge is 2.28. The number of hydrogen-bond donors (Lipinski definition) is 0. The van der Waals surface area contributed by atoms with Crippen molar-refractivity contribution in [1.29, 1.82) is 0 Å². The van der Waals surface area contributed by atoms with Crippen LogP contribution in [-0.2, 0) is 0 Å². The summed E-state index contributed by atoms with van der Waals surface area (Å²) in [4.78, 5) is 4.39. The number of benzene rings is 1. The zero-order valence-electron chi connectivity index (χ0n) is 7.59. The predicted molar refractivity (Wildman–Crippen MR) is 60.2 cm³/mol. The molecule has 74 valence electrons. The normalized spacial score (nSPS) is 22.6. The van der Waals surface area contributed by atoms with Gasteiger partial charge in [0.05, 0.1) is 6.21 Å². The van der Waals surface area contributed by atoms with Crippen LogP contribution < -0.4 is 0 Å². The lowest BCUT2D eigenvalue weighted by atomic mass is 10.2.